The number of amides is 1. The lowest BCUT2D eigenvalue weighted by molar-refractivity contribution is -0.119. The first-order chi connectivity index (χ1) is 8.63. The first-order valence-corrected chi connectivity index (χ1v) is 6.08. The summed E-state index contributed by atoms with van der Waals surface area (Å²) < 4.78 is 5.95. The molecule has 1 aromatic carbocycles. The number of ether oxygens (including phenoxy) is 1. The Balaban J connectivity index is 2.04. The molecule has 92 valence electrons. The molecule has 0 saturated carbocycles. The van der Waals surface area contributed by atoms with E-state index in [0.717, 1.165) is 22.6 Å². The summed E-state index contributed by atoms with van der Waals surface area (Å²) in [6.45, 7) is 4.00. The van der Waals surface area contributed by atoms with E-state index in [0.29, 0.717) is 0 Å². The van der Waals surface area contributed by atoms with Crippen LogP contribution in [0.1, 0.15) is 12.5 Å². The number of allylic oxidation sites excluding steroid dienone is 2. The second-order valence-corrected chi connectivity index (χ2v) is 4.87. The Bertz CT molecular complexity index is 572. The molecule has 0 bridgehead atoms. The number of aryl methyl sites for hydroxylation is 1. The summed E-state index contributed by atoms with van der Waals surface area (Å²) in [7, 11) is 0. The van der Waals surface area contributed by atoms with E-state index in [1.165, 1.54) is 0 Å². The number of hydrogen-bond acceptors (Lipinski definition) is 2. The molecule has 1 amide bonds. The molecular weight excluding hydrogens is 226 g/mol. The van der Waals surface area contributed by atoms with Crippen molar-refractivity contribution < 1.29 is 9.53 Å². The molecule has 1 N–H and O–H groups in total. The first kappa shape index (κ1) is 11.1. The largest absolute Gasteiger partial charge is 0.483 e. The molecule has 2 aliphatic rings. The lowest BCUT2D eigenvalue weighted by atomic mass is 9.93. The molecule has 1 aromatic rings. The molecule has 1 aliphatic carbocycles. The average Bonchev–Trinajstić information content (AvgIpc) is 2.44. The molecule has 2 unspecified atom stereocenters. The van der Waals surface area contributed by atoms with Gasteiger partial charge in [0.25, 0.3) is 0 Å². The number of nitrogens with one attached hydrogen (secondary N) is 1. The van der Waals surface area contributed by atoms with Gasteiger partial charge >= 0.3 is 0 Å². The van der Waals surface area contributed by atoms with Crippen LogP contribution in [0, 0.1) is 12.8 Å². The normalized spacial score (nSPS) is 25.2. The van der Waals surface area contributed by atoms with Crippen LogP contribution in [0.4, 0.5) is 5.69 Å². The van der Waals surface area contributed by atoms with E-state index in [4.69, 9.17) is 4.74 Å². The number of benzene rings is 1. The third-order valence-corrected chi connectivity index (χ3v) is 3.31. The second-order valence-electron chi connectivity index (χ2n) is 4.87. The maximum atomic E-state index is 12.2. The van der Waals surface area contributed by atoms with Crippen LogP contribution in [-0.2, 0) is 4.79 Å². The number of anilines is 1. The van der Waals surface area contributed by atoms with Gasteiger partial charge in [-0.2, -0.15) is 0 Å². The standard InChI is InChI=1S/C15H15NO2/c1-9-4-6-13-12(7-9)16-15(17)11-5-3-10(2)8-14(11)18-13/h3-8,11,14H,1-2H3,(H,16,17). The molecule has 0 fully saturated rings. The highest BCUT2D eigenvalue weighted by Crippen LogP contribution is 2.33. The number of rotatable bonds is 0. The van der Waals surface area contributed by atoms with Gasteiger partial charge in [0.1, 0.15) is 11.9 Å². The van der Waals surface area contributed by atoms with Crippen LogP contribution in [0.15, 0.2) is 42.0 Å². The zero-order chi connectivity index (χ0) is 12.7. The van der Waals surface area contributed by atoms with E-state index < -0.39 is 0 Å². The predicted molar refractivity (Wildman–Crippen MR) is 70.6 cm³/mol. The number of fused-ring (bicyclic) bond motifs is 2. The van der Waals surface area contributed by atoms with Gasteiger partial charge in [-0.15, -0.1) is 0 Å². The van der Waals surface area contributed by atoms with Crippen LogP contribution in [0.2, 0.25) is 0 Å². The van der Waals surface area contributed by atoms with Gasteiger partial charge in [0.2, 0.25) is 5.91 Å². The van der Waals surface area contributed by atoms with Crippen LogP contribution < -0.4 is 10.1 Å². The lowest BCUT2D eigenvalue weighted by Crippen LogP contribution is -2.32. The monoisotopic (exact) mass is 241 g/mol. The van der Waals surface area contributed by atoms with E-state index in [2.05, 4.69) is 5.32 Å². The summed E-state index contributed by atoms with van der Waals surface area (Å²) in [6, 6.07) is 5.83. The molecule has 0 aromatic heterocycles. The number of hydrogen-bond donors (Lipinski definition) is 1. The van der Waals surface area contributed by atoms with E-state index in [1.54, 1.807) is 0 Å². The van der Waals surface area contributed by atoms with Crippen molar-refractivity contribution in [2.45, 2.75) is 20.0 Å². The maximum absolute atomic E-state index is 12.2. The van der Waals surface area contributed by atoms with Crippen molar-refractivity contribution in [3.05, 3.63) is 47.6 Å². The van der Waals surface area contributed by atoms with Crippen molar-refractivity contribution in [3.8, 4) is 5.75 Å². The van der Waals surface area contributed by atoms with E-state index in [9.17, 15) is 4.79 Å². The molecule has 1 aliphatic heterocycles. The Morgan fingerprint density at radius 3 is 2.94 bits per heavy atom. The van der Waals surface area contributed by atoms with Crippen molar-refractivity contribution >= 4 is 11.6 Å². The van der Waals surface area contributed by atoms with Crippen molar-refractivity contribution in [2.75, 3.05) is 5.32 Å². The Labute approximate surface area is 106 Å². The van der Waals surface area contributed by atoms with Crippen LogP contribution in [0.25, 0.3) is 0 Å². The van der Waals surface area contributed by atoms with Crippen molar-refractivity contribution in [1.82, 2.24) is 0 Å². The topological polar surface area (TPSA) is 38.3 Å². The molecule has 3 rings (SSSR count). The molecule has 18 heavy (non-hydrogen) atoms. The highest BCUT2D eigenvalue weighted by Gasteiger charge is 2.32. The quantitative estimate of drug-likeness (QED) is 0.758. The summed E-state index contributed by atoms with van der Waals surface area (Å²) >= 11 is 0. The van der Waals surface area contributed by atoms with Crippen molar-refractivity contribution in [2.24, 2.45) is 5.92 Å². The summed E-state index contributed by atoms with van der Waals surface area (Å²) in [4.78, 5) is 12.2. The van der Waals surface area contributed by atoms with Gasteiger partial charge in [0.15, 0.2) is 0 Å². The molecule has 3 heteroatoms. The molecule has 0 radical (unpaired) electrons. The molecule has 2 atom stereocenters. The van der Waals surface area contributed by atoms with E-state index >= 15 is 0 Å². The summed E-state index contributed by atoms with van der Waals surface area (Å²) in [5.74, 6) is 0.478. The SMILES string of the molecule is CC1=CC2Oc3ccc(C)cc3NC(=O)C2C=C1. The van der Waals surface area contributed by atoms with Crippen molar-refractivity contribution in [3.63, 3.8) is 0 Å². The van der Waals surface area contributed by atoms with Gasteiger partial charge in [-0.05, 0) is 37.6 Å². The third-order valence-electron chi connectivity index (χ3n) is 3.31. The number of carbonyl (C=O) groups is 1. The fourth-order valence-electron chi connectivity index (χ4n) is 2.33. The fourth-order valence-corrected chi connectivity index (χ4v) is 2.33. The minimum Gasteiger partial charge on any atom is -0.483 e. The first-order valence-electron chi connectivity index (χ1n) is 6.08. The van der Waals surface area contributed by atoms with Gasteiger partial charge < -0.3 is 10.1 Å². The van der Waals surface area contributed by atoms with Crippen LogP contribution in [-0.4, -0.2) is 12.0 Å². The fraction of sp³-hybridized carbons (Fsp3) is 0.267. The molecular formula is C15H15NO2. The summed E-state index contributed by atoms with van der Waals surface area (Å²) in [5, 5.41) is 2.93. The second kappa shape index (κ2) is 4.02. The van der Waals surface area contributed by atoms with Crippen molar-refractivity contribution in [1.29, 1.82) is 0 Å². The van der Waals surface area contributed by atoms with E-state index in [-0.39, 0.29) is 17.9 Å². The number of carbonyl (C=O) groups excluding carboxylic acids is 1. The average molecular weight is 241 g/mol. The Kier molecular flexibility index (Phi) is 2.47. The Morgan fingerprint density at radius 1 is 1.28 bits per heavy atom. The third kappa shape index (κ3) is 1.82. The highest BCUT2D eigenvalue weighted by atomic mass is 16.5. The molecule has 0 saturated heterocycles. The molecule has 3 nitrogen and oxygen atoms in total. The zero-order valence-electron chi connectivity index (χ0n) is 10.4. The Morgan fingerprint density at radius 2 is 2.11 bits per heavy atom. The van der Waals surface area contributed by atoms with Crippen LogP contribution in [0.5, 0.6) is 5.75 Å². The highest BCUT2D eigenvalue weighted by molar-refractivity contribution is 5.96. The molecule has 1 heterocycles. The van der Waals surface area contributed by atoms with Crippen LogP contribution in [0.3, 0.4) is 0 Å². The Hall–Kier alpha value is -2.03. The van der Waals surface area contributed by atoms with E-state index in [1.807, 2.05) is 50.3 Å². The van der Waals surface area contributed by atoms with Gasteiger partial charge in [0, 0.05) is 0 Å². The van der Waals surface area contributed by atoms with Gasteiger partial charge in [0.05, 0.1) is 11.6 Å². The zero-order valence-corrected chi connectivity index (χ0v) is 10.4. The van der Waals surface area contributed by atoms with Gasteiger partial charge in [-0.25, -0.2) is 0 Å². The van der Waals surface area contributed by atoms with Gasteiger partial charge in [-0.1, -0.05) is 23.8 Å². The minimum absolute atomic E-state index is 0.00986. The lowest BCUT2D eigenvalue weighted by Gasteiger charge is -2.22. The summed E-state index contributed by atoms with van der Waals surface area (Å²) in [6.07, 6.45) is 5.66. The smallest absolute Gasteiger partial charge is 0.235 e. The summed E-state index contributed by atoms with van der Waals surface area (Å²) in [5.41, 5.74) is 2.98. The van der Waals surface area contributed by atoms with Crippen LogP contribution >= 0.6 is 0 Å². The molecule has 0 spiro atoms. The van der Waals surface area contributed by atoms with Gasteiger partial charge in [-0.3, -0.25) is 4.79 Å². The minimum atomic E-state index is -0.249. The predicted octanol–water partition coefficient (Wildman–Crippen LogP) is 2.83. The maximum Gasteiger partial charge on any atom is 0.235 e.